The first-order valence-corrected chi connectivity index (χ1v) is 13.3. The lowest BCUT2D eigenvalue weighted by Gasteiger charge is -2.10. The third-order valence-corrected chi connectivity index (χ3v) is 5.34. The van der Waals surface area contributed by atoms with E-state index in [0.717, 1.165) is 0 Å². The summed E-state index contributed by atoms with van der Waals surface area (Å²) in [4.78, 5) is 95.0. The van der Waals surface area contributed by atoms with Gasteiger partial charge in [0.1, 0.15) is 34.1 Å². The third kappa shape index (κ3) is 10.8. The Morgan fingerprint density at radius 2 is 0.571 bits per heavy atom. The molecule has 17 heteroatoms. The van der Waals surface area contributed by atoms with Gasteiger partial charge in [-0.15, -0.1) is 0 Å². The fraction of sp³-hybridized carbons (Fsp3) is 0. The minimum Gasteiger partial charge on any atom is -0.456 e. The highest BCUT2D eigenvalue weighted by atomic mass is 16.9. The van der Waals surface area contributed by atoms with Gasteiger partial charge in [0.25, 0.3) is 0 Å². The molecular formula is C32H18O17. The molecule has 0 radical (unpaired) electrons. The summed E-state index contributed by atoms with van der Waals surface area (Å²) in [6.45, 7) is 0. The van der Waals surface area contributed by atoms with Gasteiger partial charge in [-0.1, -0.05) is 60.7 Å². The monoisotopic (exact) mass is 674 g/mol. The predicted molar refractivity (Wildman–Crippen MR) is 155 cm³/mol. The van der Waals surface area contributed by atoms with Gasteiger partial charge in [-0.05, 0) is 48.5 Å². The Kier molecular flexibility index (Phi) is 11.7. The summed E-state index contributed by atoms with van der Waals surface area (Å²) >= 11 is 0. The molecular weight excluding hydrogens is 656 g/mol. The lowest BCUT2D eigenvalue weighted by atomic mass is 10.2. The number of esters is 2. The first-order valence-electron chi connectivity index (χ1n) is 13.3. The van der Waals surface area contributed by atoms with E-state index < -0.39 is 48.9 Å². The van der Waals surface area contributed by atoms with Crippen LogP contribution in [-0.4, -0.2) is 48.9 Å². The Labute approximate surface area is 273 Å². The van der Waals surface area contributed by atoms with Crippen molar-refractivity contribution < 1.29 is 81.0 Å². The number of carbonyl (C=O) groups excluding carboxylic acids is 8. The van der Waals surface area contributed by atoms with Crippen molar-refractivity contribution in [3.8, 4) is 23.0 Å². The molecule has 0 fully saturated rings. The Balaban J connectivity index is 1.18. The maximum absolute atomic E-state index is 12.4. The maximum atomic E-state index is 12.4. The van der Waals surface area contributed by atoms with E-state index in [1.54, 1.807) is 60.7 Å². The summed E-state index contributed by atoms with van der Waals surface area (Å²) in [5, 5.41) is 0. The summed E-state index contributed by atoms with van der Waals surface area (Å²) < 4.78 is 39.3. The first kappa shape index (κ1) is 34.3. The van der Waals surface area contributed by atoms with E-state index in [1.165, 1.54) is 48.5 Å². The maximum Gasteiger partial charge on any atom is 0.528 e. The van der Waals surface area contributed by atoms with Crippen molar-refractivity contribution in [2.45, 2.75) is 0 Å². The number of para-hydroxylation sites is 4. The van der Waals surface area contributed by atoms with Gasteiger partial charge in [0.2, 0.25) is 0 Å². The molecule has 4 aromatic carbocycles. The molecule has 0 saturated carbocycles. The molecule has 0 aromatic heterocycles. The summed E-state index contributed by atoms with van der Waals surface area (Å²) in [7, 11) is 0. The molecule has 49 heavy (non-hydrogen) atoms. The largest absolute Gasteiger partial charge is 0.528 e. The standard InChI is InChI=1S/C32H18O17/c33-25(21-15-7-9-17-23(21)41-19-11-3-1-4-12-19)43-27(35)45-29(37)47-31(39)49-32(40)48-30(38)46-28(36)44-26(34)22-16-8-10-18-24(22)42-20-13-5-2-6-14-20/h1-18H. The van der Waals surface area contributed by atoms with Crippen molar-refractivity contribution in [1.29, 1.82) is 0 Å². The van der Waals surface area contributed by atoms with Gasteiger partial charge in [0.15, 0.2) is 0 Å². The SMILES string of the molecule is O=C(OC(=O)OC(=O)OC(=O)OC(=O)c1ccccc1Oc1ccccc1)OC(=O)OC(=O)OC(=O)c1ccccc1Oc1ccccc1. The molecule has 0 saturated heterocycles. The molecule has 4 rings (SSSR count). The van der Waals surface area contributed by atoms with E-state index in [0.29, 0.717) is 11.5 Å². The topological polar surface area (TPSA) is 220 Å². The van der Waals surface area contributed by atoms with Crippen LogP contribution in [0.25, 0.3) is 0 Å². The van der Waals surface area contributed by atoms with Crippen LogP contribution in [0.1, 0.15) is 20.7 Å². The predicted octanol–water partition coefficient (Wildman–Crippen LogP) is 7.09. The van der Waals surface area contributed by atoms with Crippen LogP contribution in [0, 0.1) is 0 Å². The van der Waals surface area contributed by atoms with Crippen molar-refractivity contribution >= 4 is 48.9 Å². The van der Waals surface area contributed by atoms with Gasteiger partial charge in [0.05, 0.1) is 0 Å². The lowest BCUT2D eigenvalue weighted by Crippen LogP contribution is -2.25. The van der Waals surface area contributed by atoms with E-state index in [2.05, 4.69) is 33.2 Å². The first-order chi connectivity index (χ1) is 23.6. The molecule has 0 heterocycles. The van der Waals surface area contributed by atoms with E-state index in [1.807, 2.05) is 0 Å². The second kappa shape index (κ2) is 16.7. The molecule has 0 atom stereocenters. The van der Waals surface area contributed by atoms with Crippen LogP contribution in [-0.2, 0) is 33.2 Å². The highest BCUT2D eigenvalue weighted by Crippen LogP contribution is 2.27. The molecule has 0 aliphatic carbocycles. The zero-order valence-corrected chi connectivity index (χ0v) is 24.3. The van der Waals surface area contributed by atoms with Crippen LogP contribution in [0.15, 0.2) is 109 Å². The van der Waals surface area contributed by atoms with Gasteiger partial charge in [0, 0.05) is 0 Å². The fourth-order valence-corrected chi connectivity index (χ4v) is 3.41. The van der Waals surface area contributed by atoms with Crippen molar-refractivity contribution in [2.75, 3.05) is 0 Å². The summed E-state index contributed by atoms with van der Waals surface area (Å²) in [5.41, 5.74) is -0.498. The highest BCUT2D eigenvalue weighted by molar-refractivity contribution is 6.00. The van der Waals surface area contributed by atoms with E-state index in [4.69, 9.17) is 9.47 Å². The Morgan fingerprint density at radius 1 is 0.306 bits per heavy atom. The highest BCUT2D eigenvalue weighted by Gasteiger charge is 2.28. The van der Waals surface area contributed by atoms with Crippen LogP contribution in [0.4, 0.5) is 28.8 Å². The number of ether oxygens (including phenoxy) is 9. The number of carbonyl (C=O) groups is 8. The van der Waals surface area contributed by atoms with Gasteiger partial charge < -0.3 is 42.6 Å². The van der Waals surface area contributed by atoms with Crippen molar-refractivity contribution in [1.82, 2.24) is 0 Å². The average molecular weight is 674 g/mol. The van der Waals surface area contributed by atoms with E-state index in [9.17, 15) is 38.4 Å². The quantitative estimate of drug-likeness (QED) is 0.113. The number of hydrogen-bond donors (Lipinski definition) is 0. The lowest BCUT2D eigenvalue weighted by molar-refractivity contribution is 0.0218. The molecule has 0 N–H and O–H groups in total. The molecule has 0 bridgehead atoms. The van der Waals surface area contributed by atoms with Gasteiger partial charge in [-0.2, -0.15) is 0 Å². The van der Waals surface area contributed by atoms with E-state index in [-0.39, 0.29) is 22.6 Å². The van der Waals surface area contributed by atoms with Gasteiger partial charge in [-0.25, -0.2) is 38.4 Å². The second-order valence-corrected chi connectivity index (χ2v) is 8.61. The zero-order valence-electron chi connectivity index (χ0n) is 24.3. The Morgan fingerprint density at radius 3 is 0.898 bits per heavy atom. The molecule has 0 unspecified atom stereocenters. The molecule has 0 spiro atoms. The molecule has 4 aromatic rings. The van der Waals surface area contributed by atoms with Crippen molar-refractivity contribution in [2.24, 2.45) is 0 Å². The van der Waals surface area contributed by atoms with Crippen LogP contribution in [0.2, 0.25) is 0 Å². The Hall–Kier alpha value is -7.56. The van der Waals surface area contributed by atoms with Crippen LogP contribution < -0.4 is 9.47 Å². The van der Waals surface area contributed by atoms with Crippen molar-refractivity contribution in [3.05, 3.63) is 120 Å². The zero-order chi connectivity index (χ0) is 35.2. The summed E-state index contributed by atoms with van der Waals surface area (Å²) in [6, 6.07) is 27.6. The minimum absolute atomic E-state index is 0.0201. The average Bonchev–Trinajstić information content (AvgIpc) is 3.05. The smallest absolute Gasteiger partial charge is 0.456 e. The van der Waals surface area contributed by atoms with Crippen LogP contribution >= 0.6 is 0 Å². The molecule has 17 nitrogen and oxygen atoms in total. The fourth-order valence-electron chi connectivity index (χ4n) is 3.41. The van der Waals surface area contributed by atoms with Gasteiger partial charge >= 0.3 is 48.9 Å². The van der Waals surface area contributed by atoms with Crippen molar-refractivity contribution in [3.63, 3.8) is 0 Å². The molecule has 248 valence electrons. The number of hydrogen-bond acceptors (Lipinski definition) is 17. The van der Waals surface area contributed by atoms with Gasteiger partial charge in [-0.3, -0.25) is 0 Å². The summed E-state index contributed by atoms with van der Waals surface area (Å²) in [6.07, 6.45) is -12.6. The normalized spacial score (nSPS) is 9.88. The second-order valence-electron chi connectivity index (χ2n) is 8.61. The summed E-state index contributed by atoms with van der Waals surface area (Å²) in [5.74, 6) is -1.98. The molecule has 0 aliphatic heterocycles. The number of benzene rings is 4. The number of rotatable bonds is 6. The van der Waals surface area contributed by atoms with Crippen LogP contribution in [0.3, 0.4) is 0 Å². The molecule has 0 amide bonds. The Bertz CT molecular complexity index is 1750. The molecule has 0 aliphatic rings. The minimum atomic E-state index is -2.20. The van der Waals surface area contributed by atoms with E-state index >= 15 is 0 Å². The van der Waals surface area contributed by atoms with Crippen LogP contribution in [0.5, 0.6) is 23.0 Å². The third-order valence-electron chi connectivity index (χ3n) is 5.34.